The van der Waals surface area contributed by atoms with Gasteiger partial charge >= 0.3 is 0 Å². The first-order chi connectivity index (χ1) is 9.20. The van der Waals surface area contributed by atoms with Gasteiger partial charge in [0.2, 0.25) is 0 Å². The quantitative estimate of drug-likeness (QED) is 0.872. The Balaban J connectivity index is 2.04. The Morgan fingerprint density at radius 2 is 2.00 bits per heavy atom. The first-order valence-electron chi connectivity index (χ1n) is 7.73. The maximum Gasteiger partial charge on any atom is 0.0473 e. The van der Waals surface area contributed by atoms with Crippen LogP contribution in [0.1, 0.15) is 45.2 Å². The van der Waals surface area contributed by atoms with Crippen LogP contribution < -0.4 is 5.32 Å². The lowest BCUT2D eigenvalue weighted by molar-refractivity contribution is 0.122. The molecule has 1 heterocycles. The molecular formula is C17H28N2. The molecule has 2 nitrogen and oxygen atoms in total. The van der Waals surface area contributed by atoms with Gasteiger partial charge in [0.15, 0.2) is 0 Å². The molecule has 0 aromatic heterocycles. The topological polar surface area (TPSA) is 15.3 Å². The van der Waals surface area contributed by atoms with Crippen LogP contribution in [0, 0.1) is 5.92 Å². The zero-order chi connectivity index (χ0) is 13.7. The molecule has 0 bridgehead atoms. The SMILES string of the molecule is CCCN1CC(CC(C)C)NCC1c1ccccc1. The highest BCUT2D eigenvalue weighted by Gasteiger charge is 2.28. The number of nitrogens with zero attached hydrogens (tertiary/aromatic N) is 1. The largest absolute Gasteiger partial charge is 0.311 e. The van der Waals surface area contributed by atoms with Gasteiger partial charge in [-0.1, -0.05) is 51.1 Å². The van der Waals surface area contributed by atoms with Crippen molar-refractivity contribution in [3.05, 3.63) is 35.9 Å². The molecule has 1 saturated heterocycles. The highest BCUT2D eigenvalue weighted by molar-refractivity contribution is 5.20. The first kappa shape index (κ1) is 14.5. The molecular weight excluding hydrogens is 232 g/mol. The van der Waals surface area contributed by atoms with Crippen molar-refractivity contribution in [3.8, 4) is 0 Å². The molecule has 0 saturated carbocycles. The third-order valence-electron chi connectivity index (χ3n) is 3.95. The number of nitrogens with one attached hydrogen (secondary N) is 1. The Hall–Kier alpha value is -0.860. The molecule has 19 heavy (non-hydrogen) atoms. The molecule has 1 aliphatic rings. The molecule has 1 aliphatic heterocycles. The Morgan fingerprint density at radius 1 is 1.26 bits per heavy atom. The minimum absolute atomic E-state index is 0.546. The van der Waals surface area contributed by atoms with Gasteiger partial charge in [-0.3, -0.25) is 4.90 Å². The molecule has 0 radical (unpaired) electrons. The van der Waals surface area contributed by atoms with Gasteiger partial charge in [0.25, 0.3) is 0 Å². The van der Waals surface area contributed by atoms with E-state index in [9.17, 15) is 0 Å². The standard InChI is InChI=1S/C17H28N2/c1-4-10-19-13-16(11-14(2)3)18-12-17(19)15-8-6-5-7-9-15/h5-9,14,16-18H,4,10-13H2,1-3H3. The third kappa shape index (κ3) is 4.05. The van der Waals surface area contributed by atoms with E-state index in [2.05, 4.69) is 61.3 Å². The van der Waals surface area contributed by atoms with Crippen LogP contribution in [0.15, 0.2) is 30.3 Å². The van der Waals surface area contributed by atoms with Crippen molar-refractivity contribution in [3.63, 3.8) is 0 Å². The van der Waals surface area contributed by atoms with E-state index >= 15 is 0 Å². The zero-order valence-electron chi connectivity index (χ0n) is 12.6. The Labute approximate surface area is 118 Å². The average Bonchev–Trinajstić information content (AvgIpc) is 2.40. The van der Waals surface area contributed by atoms with Gasteiger partial charge in [0.05, 0.1) is 0 Å². The molecule has 1 aromatic rings. The summed E-state index contributed by atoms with van der Waals surface area (Å²) < 4.78 is 0. The molecule has 2 heteroatoms. The predicted molar refractivity (Wildman–Crippen MR) is 82.3 cm³/mol. The molecule has 0 aliphatic carbocycles. The van der Waals surface area contributed by atoms with E-state index in [0.29, 0.717) is 12.1 Å². The van der Waals surface area contributed by atoms with Gasteiger partial charge in [-0.25, -0.2) is 0 Å². The summed E-state index contributed by atoms with van der Waals surface area (Å²) in [5.74, 6) is 0.772. The molecule has 0 spiro atoms. The van der Waals surface area contributed by atoms with E-state index < -0.39 is 0 Å². The minimum atomic E-state index is 0.546. The normalized spacial score (nSPS) is 24.8. The summed E-state index contributed by atoms with van der Waals surface area (Å²) in [5, 5.41) is 3.75. The zero-order valence-corrected chi connectivity index (χ0v) is 12.6. The molecule has 1 N–H and O–H groups in total. The summed E-state index contributed by atoms with van der Waals surface area (Å²) >= 11 is 0. The van der Waals surface area contributed by atoms with Crippen molar-refractivity contribution in [1.82, 2.24) is 10.2 Å². The molecule has 2 atom stereocenters. The van der Waals surface area contributed by atoms with Gasteiger partial charge in [-0.15, -0.1) is 0 Å². The Morgan fingerprint density at radius 3 is 2.63 bits per heavy atom. The lowest BCUT2D eigenvalue weighted by atomic mass is 9.96. The molecule has 2 rings (SSSR count). The smallest absolute Gasteiger partial charge is 0.0473 e. The van der Waals surface area contributed by atoms with Crippen LogP contribution in [0.5, 0.6) is 0 Å². The van der Waals surface area contributed by atoms with Crippen molar-refractivity contribution in [2.75, 3.05) is 19.6 Å². The fourth-order valence-corrected chi connectivity index (χ4v) is 3.15. The van der Waals surface area contributed by atoms with Crippen molar-refractivity contribution >= 4 is 0 Å². The summed E-state index contributed by atoms with van der Waals surface area (Å²) in [7, 11) is 0. The summed E-state index contributed by atoms with van der Waals surface area (Å²) in [6, 6.07) is 12.1. The van der Waals surface area contributed by atoms with E-state index in [1.807, 2.05) is 0 Å². The van der Waals surface area contributed by atoms with Gasteiger partial charge in [-0.2, -0.15) is 0 Å². The number of benzene rings is 1. The van der Waals surface area contributed by atoms with Gasteiger partial charge in [0.1, 0.15) is 0 Å². The summed E-state index contributed by atoms with van der Waals surface area (Å²) in [6.45, 7) is 10.4. The molecule has 1 fully saturated rings. The number of hydrogen-bond acceptors (Lipinski definition) is 2. The molecule has 0 amide bonds. The van der Waals surface area contributed by atoms with Crippen LogP contribution in [0.3, 0.4) is 0 Å². The Bertz CT molecular complexity index is 361. The van der Waals surface area contributed by atoms with Gasteiger partial charge < -0.3 is 5.32 Å². The lowest BCUT2D eigenvalue weighted by Gasteiger charge is -2.41. The van der Waals surface area contributed by atoms with Gasteiger partial charge in [0, 0.05) is 25.2 Å². The highest BCUT2D eigenvalue weighted by Crippen LogP contribution is 2.25. The maximum absolute atomic E-state index is 3.75. The van der Waals surface area contributed by atoms with E-state index in [4.69, 9.17) is 0 Å². The first-order valence-corrected chi connectivity index (χ1v) is 7.73. The summed E-state index contributed by atoms with van der Waals surface area (Å²) in [4.78, 5) is 2.67. The van der Waals surface area contributed by atoms with Crippen molar-refractivity contribution in [2.24, 2.45) is 5.92 Å². The fourth-order valence-electron chi connectivity index (χ4n) is 3.15. The second-order valence-corrected chi connectivity index (χ2v) is 6.16. The second-order valence-electron chi connectivity index (χ2n) is 6.16. The highest BCUT2D eigenvalue weighted by atomic mass is 15.2. The molecule has 106 valence electrons. The van der Waals surface area contributed by atoms with Crippen molar-refractivity contribution in [1.29, 1.82) is 0 Å². The van der Waals surface area contributed by atoms with Crippen LogP contribution in [0.4, 0.5) is 0 Å². The monoisotopic (exact) mass is 260 g/mol. The fraction of sp³-hybridized carbons (Fsp3) is 0.647. The van der Waals surface area contributed by atoms with Crippen LogP contribution >= 0.6 is 0 Å². The van der Waals surface area contributed by atoms with E-state index in [0.717, 1.165) is 12.5 Å². The van der Waals surface area contributed by atoms with Crippen molar-refractivity contribution in [2.45, 2.75) is 45.7 Å². The Kier molecular flexibility index (Phi) is 5.41. The van der Waals surface area contributed by atoms with Crippen LogP contribution in [-0.4, -0.2) is 30.6 Å². The van der Waals surface area contributed by atoms with Crippen LogP contribution in [0.2, 0.25) is 0 Å². The summed E-state index contributed by atoms with van der Waals surface area (Å²) in [6.07, 6.45) is 2.51. The number of rotatable bonds is 5. The minimum Gasteiger partial charge on any atom is -0.311 e. The number of hydrogen-bond donors (Lipinski definition) is 1. The lowest BCUT2D eigenvalue weighted by Crippen LogP contribution is -2.52. The third-order valence-corrected chi connectivity index (χ3v) is 3.95. The number of piperazine rings is 1. The maximum atomic E-state index is 3.75. The second kappa shape index (κ2) is 7.06. The molecule has 2 unspecified atom stereocenters. The predicted octanol–water partition coefficient (Wildman–Crippen LogP) is 3.46. The van der Waals surface area contributed by atoms with Gasteiger partial charge in [-0.05, 0) is 30.9 Å². The van der Waals surface area contributed by atoms with Crippen LogP contribution in [-0.2, 0) is 0 Å². The van der Waals surface area contributed by atoms with E-state index in [1.54, 1.807) is 0 Å². The summed E-state index contributed by atoms with van der Waals surface area (Å²) in [5.41, 5.74) is 1.45. The van der Waals surface area contributed by atoms with E-state index in [1.165, 1.54) is 31.5 Å². The van der Waals surface area contributed by atoms with Crippen LogP contribution in [0.25, 0.3) is 0 Å². The van der Waals surface area contributed by atoms with Crippen molar-refractivity contribution < 1.29 is 0 Å². The molecule has 1 aromatic carbocycles. The van der Waals surface area contributed by atoms with E-state index in [-0.39, 0.29) is 0 Å². The average molecular weight is 260 g/mol.